The van der Waals surface area contributed by atoms with Gasteiger partial charge in [0.2, 0.25) is 0 Å². The number of hydrogen-bond acceptors (Lipinski definition) is 7. The maximum Gasteiger partial charge on any atom is 0.319 e. The molecule has 1 saturated heterocycles. The van der Waals surface area contributed by atoms with Gasteiger partial charge in [-0.1, -0.05) is 12.2 Å². The van der Waals surface area contributed by atoms with Crippen LogP contribution in [0.4, 0.5) is 5.69 Å². The molecule has 0 saturated carbocycles. The van der Waals surface area contributed by atoms with Crippen LogP contribution in [-0.4, -0.2) is 30.5 Å². The van der Waals surface area contributed by atoms with Gasteiger partial charge in [0.1, 0.15) is 0 Å². The number of fused-ring (bicyclic) bond motifs is 1. The summed E-state index contributed by atoms with van der Waals surface area (Å²) in [4.78, 5) is 33.3. The third kappa shape index (κ3) is 2.42. The highest BCUT2D eigenvalue weighted by atomic mass is 32.2. The molecule has 3 unspecified atom stereocenters. The first-order valence-corrected chi connectivity index (χ1v) is 8.27. The highest BCUT2D eigenvalue weighted by Gasteiger charge is 2.52. The highest BCUT2D eigenvalue weighted by Crippen LogP contribution is 2.38. The molecule has 1 fully saturated rings. The SMILES string of the molecule is O=C1OC(=O)C2C1CC=CC2S(=O)(=O)c1ccc([N+](=O)[O-])cc1. The van der Waals surface area contributed by atoms with E-state index in [0.29, 0.717) is 0 Å². The van der Waals surface area contributed by atoms with Gasteiger partial charge in [0.05, 0.1) is 26.9 Å². The number of sulfone groups is 1. The van der Waals surface area contributed by atoms with Crippen molar-refractivity contribution in [1.29, 1.82) is 0 Å². The van der Waals surface area contributed by atoms with E-state index in [4.69, 9.17) is 0 Å². The van der Waals surface area contributed by atoms with Crippen molar-refractivity contribution in [1.82, 2.24) is 0 Å². The van der Waals surface area contributed by atoms with E-state index in [2.05, 4.69) is 4.74 Å². The van der Waals surface area contributed by atoms with Gasteiger partial charge in [-0.05, 0) is 18.6 Å². The Morgan fingerprint density at radius 2 is 1.78 bits per heavy atom. The van der Waals surface area contributed by atoms with Crippen LogP contribution in [0.5, 0.6) is 0 Å². The van der Waals surface area contributed by atoms with Crippen molar-refractivity contribution < 1.29 is 27.7 Å². The van der Waals surface area contributed by atoms with Crippen molar-refractivity contribution in [2.75, 3.05) is 0 Å². The minimum atomic E-state index is -3.98. The van der Waals surface area contributed by atoms with Crippen molar-refractivity contribution >= 4 is 27.5 Å². The first-order chi connectivity index (χ1) is 10.8. The monoisotopic (exact) mass is 337 g/mol. The van der Waals surface area contributed by atoms with Crippen molar-refractivity contribution in [3.8, 4) is 0 Å². The lowest BCUT2D eigenvalue weighted by molar-refractivity contribution is -0.384. The number of nitrogens with zero attached hydrogens (tertiary/aromatic N) is 1. The van der Waals surface area contributed by atoms with E-state index in [0.717, 1.165) is 24.3 Å². The number of carbonyl (C=O) groups excluding carboxylic acids is 2. The molecule has 0 amide bonds. The van der Waals surface area contributed by atoms with Crippen LogP contribution in [0.3, 0.4) is 0 Å². The molecule has 0 aromatic heterocycles. The Bertz CT molecular complexity index is 825. The number of hydrogen-bond donors (Lipinski definition) is 0. The fourth-order valence-electron chi connectivity index (χ4n) is 2.85. The summed E-state index contributed by atoms with van der Waals surface area (Å²) in [5, 5.41) is 9.42. The maximum atomic E-state index is 12.7. The molecule has 1 heterocycles. The van der Waals surface area contributed by atoms with Gasteiger partial charge in [-0.3, -0.25) is 19.7 Å². The Morgan fingerprint density at radius 1 is 1.13 bits per heavy atom. The minimum Gasteiger partial charge on any atom is -0.393 e. The van der Waals surface area contributed by atoms with Crippen molar-refractivity contribution in [2.45, 2.75) is 16.6 Å². The second-order valence-corrected chi connectivity index (χ2v) is 7.40. The summed E-state index contributed by atoms with van der Waals surface area (Å²) >= 11 is 0. The van der Waals surface area contributed by atoms with E-state index in [9.17, 15) is 28.1 Å². The molecule has 0 spiro atoms. The Kier molecular flexibility index (Phi) is 3.52. The third-order valence-corrected chi connectivity index (χ3v) is 6.11. The second-order valence-electron chi connectivity index (χ2n) is 5.30. The van der Waals surface area contributed by atoms with Crippen LogP contribution in [0.1, 0.15) is 6.42 Å². The van der Waals surface area contributed by atoms with Gasteiger partial charge < -0.3 is 4.74 Å². The molecule has 2 aliphatic rings. The molecule has 8 nitrogen and oxygen atoms in total. The predicted molar refractivity (Wildman–Crippen MR) is 75.9 cm³/mol. The third-order valence-electron chi connectivity index (χ3n) is 4.01. The summed E-state index contributed by atoms with van der Waals surface area (Å²) in [5.74, 6) is -3.44. The number of non-ortho nitro benzene ring substituents is 1. The Morgan fingerprint density at radius 3 is 2.39 bits per heavy atom. The Labute approximate surface area is 130 Å². The van der Waals surface area contributed by atoms with Crippen LogP contribution < -0.4 is 0 Å². The zero-order chi connectivity index (χ0) is 16.8. The summed E-state index contributed by atoms with van der Waals surface area (Å²) in [5.41, 5.74) is -0.239. The number of allylic oxidation sites excluding steroid dienone is 1. The molecule has 3 rings (SSSR count). The van der Waals surface area contributed by atoms with E-state index in [-0.39, 0.29) is 17.0 Å². The lowest BCUT2D eigenvalue weighted by Crippen LogP contribution is -2.37. The summed E-state index contributed by atoms with van der Waals surface area (Å²) in [6.07, 6.45) is 3.16. The van der Waals surface area contributed by atoms with Crippen LogP contribution in [-0.2, 0) is 24.2 Å². The number of carbonyl (C=O) groups is 2. The number of ether oxygens (including phenoxy) is 1. The number of benzene rings is 1. The lowest BCUT2D eigenvalue weighted by atomic mass is 9.85. The van der Waals surface area contributed by atoms with E-state index in [1.165, 1.54) is 12.2 Å². The average Bonchev–Trinajstić information content (AvgIpc) is 2.82. The lowest BCUT2D eigenvalue weighted by Gasteiger charge is -2.24. The number of rotatable bonds is 3. The van der Waals surface area contributed by atoms with E-state index in [1.807, 2.05) is 0 Å². The van der Waals surface area contributed by atoms with Gasteiger partial charge in [0.15, 0.2) is 9.84 Å². The number of nitro groups is 1. The van der Waals surface area contributed by atoms with E-state index >= 15 is 0 Å². The highest BCUT2D eigenvalue weighted by molar-refractivity contribution is 7.92. The minimum absolute atomic E-state index is 0.148. The van der Waals surface area contributed by atoms with Gasteiger partial charge in [0, 0.05) is 12.1 Å². The standard InChI is InChI=1S/C14H11NO7S/c16-13-10-2-1-3-11(12(10)14(17)22-13)23(20,21)9-6-4-8(5-7-9)15(18)19/h1,3-7,10-12H,2H2. The molecule has 1 aromatic rings. The molecular formula is C14H11NO7S. The first kappa shape index (κ1) is 15.3. The summed E-state index contributed by atoms with van der Waals surface area (Å²) in [6, 6.07) is 4.39. The Hall–Kier alpha value is -2.55. The zero-order valence-corrected chi connectivity index (χ0v) is 12.4. The molecule has 9 heteroatoms. The Balaban J connectivity index is 2.00. The molecule has 3 atom stereocenters. The molecule has 0 radical (unpaired) electrons. The maximum absolute atomic E-state index is 12.7. The molecular weight excluding hydrogens is 326 g/mol. The summed E-state index contributed by atoms with van der Waals surface area (Å²) in [7, 11) is -3.98. The van der Waals surface area contributed by atoms with Gasteiger partial charge >= 0.3 is 11.9 Å². The van der Waals surface area contributed by atoms with Crippen LogP contribution in [0.25, 0.3) is 0 Å². The van der Waals surface area contributed by atoms with Crippen LogP contribution >= 0.6 is 0 Å². The summed E-state index contributed by atoms with van der Waals surface area (Å²) < 4.78 is 30.0. The molecule has 0 bridgehead atoms. The smallest absolute Gasteiger partial charge is 0.319 e. The average molecular weight is 337 g/mol. The molecule has 1 aliphatic heterocycles. The summed E-state index contributed by atoms with van der Waals surface area (Å²) in [6.45, 7) is 0. The first-order valence-electron chi connectivity index (χ1n) is 6.73. The van der Waals surface area contributed by atoms with Crippen molar-refractivity contribution in [2.24, 2.45) is 11.8 Å². The normalized spacial score (nSPS) is 26.7. The fraction of sp³-hybridized carbons (Fsp3) is 0.286. The molecule has 0 N–H and O–H groups in total. The molecule has 120 valence electrons. The van der Waals surface area contributed by atoms with Crippen LogP contribution in [0.2, 0.25) is 0 Å². The largest absolute Gasteiger partial charge is 0.393 e. The van der Waals surface area contributed by atoms with E-state index < -0.39 is 43.8 Å². The fourth-order valence-corrected chi connectivity index (χ4v) is 4.68. The van der Waals surface area contributed by atoms with Crippen LogP contribution in [0, 0.1) is 22.0 Å². The molecule has 1 aromatic carbocycles. The van der Waals surface area contributed by atoms with Crippen molar-refractivity contribution in [3.63, 3.8) is 0 Å². The number of esters is 2. The predicted octanol–water partition coefficient (Wildman–Crippen LogP) is 1.01. The number of nitro benzene ring substituents is 1. The van der Waals surface area contributed by atoms with Crippen LogP contribution in [0.15, 0.2) is 41.3 Å². The quantitative estimate of drug-likeness (QED) is 0.265. The molecule has 23 heavy (non-hydrogen) atoms. The van der Waals surface area contributed by atoms with Gasteiger partial charge in [-0.2, -0.15) is 0 Å². The van der Waals surface area contributed by atoms with E-state index in [1.54, 1.807) is 0 Å². The topological polar surface area (TPSA) is 121 Å². The van der Waals surface area contributed by atoms with Gasteiger partial charge in [-0.15, -0.1) is 0 Å². The van der Waals surface area contributed by atoms with Crippen molar-refractivity contribution in [3.05, 3.63) is 46.5 Å². The van der Waals surface area contributed by atoms with Gasteiger partial charge in [-0.25, -0.2) is 8.42 Å². The second kappa shape index (κ2) is 5.27. The molecule has 1 aliphatic carbocycles. The van der Waals surface area contributed by atoms with Gasteiger partial charge in [0.25, 0.3) is 5.69 Å². The number of cyclic esters (lactones) is 2. The zero-order valence-electron chi connectivity index (χ0n) is 11.6.